The average molecular weight is 343 g/mol. The zero-order valence-electron chi connectivity index (χ0n) is 11.9. The van der Waals surface area contributed by atoms with Crippen LogP contribution in [0.25, 0.3) is 10.6 Å². The zero-order valence-corrected chi connectivity index (χ0v) is 14.4. The van der Waals surface area contributed by atoms with Gasteiger partial charge in [-0.05, 0) is 24.8 Å². The van der Waals surface area contributed by atoms with Gasteiger partial charge in [0.2, 0.25) is 0 Å². The first kappa shape index (κ1) is 16.5. The predicted octanol–water partition coefficient (Wildman–Crippen LogP) is 2.97. The molecule has 21 heavy (non-hydrogen) atoms. The second kappa shape index (κ2) is 6.91. The standard InChI is InChI=1S/C14H18N2O2S3/c1-19-11-5-3-10(4-6-11)14-16-13(9-20-14)12(15)7-8-21(2,17)18/h3-6,9,12H,7-8,15H2,1-2H3. The lowest BCUT2D eigenvalue weighted by atomic mass is 10.2. The van der Waals surface area contributed by atoms with Crippen LogP contribution in [0.15, 0.2) is 34.5 Å². The Kier molecular flexibility index (Phi) is 5.43. The maximum Gasteiger partial charge on any atom is 0.147 e. The molecule has 2 aromatic rings. The van der Waals surface area contributed by atoms with Crippen molar-refractivity contribution in [3.05, 3.63) is 35.3 Å². The molecule has 1 heterocycles. The van der Waals surface area contributed by atoms with Crippen molar-refractivity contribution in [3.8, 4) is 10.6 Å². The van der Waals surface area contributed by atoms with E-state index in [1.807, 2.05) is 23.8 Å². The Bertz CT molecular complexity index is 693. The maximum absolute atomic E-state index is 11.2. The highest BCUT2D eigenvalue weighted by molar-refractivity contribution is 7.98. The minimum Gasteiger partial charge on any atom is -0.323 e. The molecule has 114 valence electrons. The molecule has 0 amide bonds. The molecule has 1 unspecified atom stereocenters. The molecule has 2 rings (SSSR count). The molecule has 2 N–H and O–H groups in total. The molecule has 0 fully saturated rings. The van der Waals surface area contributed by atoms with E-state index in [1.165, 1.54) is 22.5 Å². The van der Waals surface area contributed by atoms with Crippen molar-refractivity contribution in [2.75, 3.05) is 18.3 Å². The van der Waals surface area contributed by atoms with Crippen LogP contribution in [0.2, 0.25) is 0 Å². The van der Waals surface area contributed by atoms with Gasteiger partial charge in [0.05, 0.1) is 11.4 Å². The van der Waals surface area contributed by atoms with Gasteiger partial charge in [-0.2, -0.15) is 0 Å². The first-order chi connectivity index (χ1) is 9.89. The van der Waals surface area contributed by atoms with E-state index in [1.54, 1.807) is 11.8 Å². The van der Waals surface area contributed by atoms with Gasteiger partial charge < -0.3 is 5.73 Å². The molecule has 1 atom stereocenters. The van der Waals surface area contributed by atoms with E-state index in [0.29, 0.717) is 6.42 Å². The number of rotatable bonds is 6. The molecule has 0 radical (unpaired) electrons. The number of hydrogen-bond acceptors (Lipinski definition) is 6. The highest BCUT2D eigenvalue weighted by atomic mass is 32.2. The molecular formula is C14H18N2O2S3. The van der Waals surface area contributed by atoms with Gasteiger partial charge in [0.15, 0.2) is 0 Å². The molecule has 0 spiro atoms. The minimum absolute atomic E-state index is 0.0868. The van der Waals surface area contributed by atoms with Gasteiger partial charge in [-0.25, -0.2) is 13.4 Å². The summed E-state index contributed by atoms with van der Waals surface area (Å²) in [6.45, 7) is 0. The van der Waals surface area contributed by atoms with Crippen LogP contribution in [-0.2, 0) is 9.84 Å². The second-order valence-electron chi connectivity index (χ2n) is 4.83. The van der Waals surface area contributed by atoms with Crippen LogP contribution in [-0.4, -0.2) is 31.7 Å². The summed E-state index contributed by atoms with van der Waals surface area (Å²) in [6, 6.07) is 7.86. The molecule has 0 saturated heterocycles. The van der Waals surface area contributed by atoms with Gasteiger partial charge in [-0.3, -0.25) is 0 Å². The van der Waals surface area contributed by atoms with Crippen LogP contribution in [0, 0.1) is 0 Å². The summed E-state index contributed by atoms with van der Waals surface area (Å²) < 4.78 is 22.4. The van der Waals surface area contributed by atoms with Gasteiger partial charge in [-0.1, -0.05) is 12.1 Å². The minimum atomic E-state index is -2.99. The van der Waals surface area contributed by atoms with Gasteiger partial charge in [0.25, 0.3) is 0 Å². The van der Waals surface area contributed by atoms with Crippen molar-refractivity contribution in [1.29, 1.82) is 0 Å². The number of hydrogen-bond donors (Lipinski definition) is 1. The van der Waals surface area contributed by atoms with Gasteiger partial charge in [0, 0.05) is 28.1 Å². The Morgan fingerprint density at radius 1 is 1.33 bits per heavy atom. The molecule has 0 aliphatic carbocycles. The van der Waals surface area contributed by atoms with Crippen molar-refractivity contribution in [3.63, 3.8) is 0 Å². The second-order valence-corrected chi connectivity index (χ2v) is 8.83. The lowest BCUT2D eigenvalue weighted by Crippen LogP contribution is -2.15. The van der Waals surface area contributed by atoms with Gasteiger partial charge in [-0.15, -0.1) is 23.1 Å². The topological polar surface area (TPSA) is 73.0 Å². The lowest BCUT2D eigenvalue weighted by Gasteiger charge is -2.07. The third-order valence-corrected chi connectivity index (χ3v) is 5.67. The Morgan fingerprint density at radius 2 is 2.00 bits per heavy atom. The van der Waals surface area contributed by atoms with E-state index < -0.39 is 9.84 Å². The van der Waals surface area contributed by atoms with Crippen LogP contribution in [0.1, 0.15) is 18.2 Å². The van der Waals surface area contributed by atoms with E-state index in [4.69, 9.17) is 5.73 Å². The Morgan fingerprint density at radius 3 is 2.57 bits per heavy atom. The smallest absolute Gasteiger partial charge is 0.147 e. The van der Waals surface area contributed by atoms with Crippen LogP contribution < -0.4 is 5.73 Å². The Balaban J connectivity index is 2.09. The van der Waals surface area contributed by atoms with Crippen molar-refractivity contribution in [2.24, 2.45) is 5.73 Å². The van der Waals surface area contributed by atoms with Crippen LogP contribution in [0.3, 0.4) is 0 Å². The van der Waals surface area contributed by atoms with E-state index in [0.717, 1.165) is 16.3 Å². The molecule has 0 saturated carbocycles. The first-order valence-electron chi connectivity index (χ1n) is 6.42. The summed E-state index contributed by atoms with van der Waals surface area (Å²) >= 11 is 3.23. The fourth-order valence-electron chi connectivity index (χ4n) is 1.81. The van der Waals surface area contributed by atoms with E-state index in [2.05, 4.69) is 17.1 Å². The van der Waals surface area contributed by atoms with E-state index in [-0.39, 0.29) is 11.8 Å². The van der Waals surface area contributed by atoms with Crippen molar-refractivity contribution in [2.45, 2.75) is 17.4 Å². The van der Waals surface area contributed by atoms with Crippen LogP contribution >= 0.6 is 23.1 Å². The SMILES string of the molecule is CSc1ccc(-c2nc(C(N)CCS(C)(=O)=O)cs2)cc1. The molecule has 1 aromatic carbocycles. The van der Waals surface area contributed by atoms with Crippen LogP contribution in [0.5, 0.6) is 0 Å². The molecule has 1 aromatic heterocycles. The fourth-order valence-corrected chi connectivity index (χ4v) is 3.79. The largest absolute Gasteiger partial charge is 0.323 e. The van der Waals surface area contributed by atoms with E-state index >= 15 is 0 Å². The predicted molar refractivity (Wildman–Crippen MR) is 90.6 cm³/mol. The molecule has 0 aliphatic rings. The van der Waals surface area contributed by atoms with Gasteiger partial charge in [0.1, 0.15) is 14.8 Å². The fraction of sp³-hybridized carbons (Fsp3) is 0.357. The number of thioether (sulfide) groups is 1. The van der Waals surface area contributed by atoms with Gasteiger partial charge >= 0.3 is 0 Å². The highest BCUT2D eigenvalue weighted by Gasteiger charge is 2.14. The Hall–Kier alpha value is -0.890. The summed E-state index contributed by atoms with van der Waals surface area (Å²) in [7, 11) is -2.99. The first-order valence-corrected chi connectivity index (χ1v) is 10.6. The maximum atomic E-state index is 11.2. The third kappa shape index (κ3) is 4.81. The van der Waals surface area contributed by atoms with Crippen molar-refractivity contribution < 1.29 is 8.42 Å². The number of aromatic nitrogens is 1. The number of nitrogens with two attached hydrogens (primary N) is 1. The molecule has 0 bridgehead atoms. The number of nitrogens with zero attached hydrogens (tertiary/aromatic N) is 1. The quantitative estimate of drug-likeness (QED) is 0.817. The number of benzene rings is 1. The molecule has 0 aliphatic heterocycles. The third-order valence-electron chi connectivity index (χ3n) is 3.04. The number of thiazole rings is 1. The number of sulfone groups is 1. The monoisotopic (exact) mass is 342 g/mol. The molecule has 4 nitrogen and oxygen atoms in total. The van der Waals surface area contributed by atoms with Crippen LogP contribution in [0.4, 0.5) is 0 Å². The van der Waals surface area contributed by atoms with Crippen molar-refractivity contribution >= 4 is 32.9 Å². The summed E-state index contributed by atoms with van der Waals surface area (Å²) in [5.41, 5.74) is 7.83. The lowest BCUT2D eigenvalue weighted by molar-refractivity contribution is 0.590. The summed E-state index contributed by atoms with van der Waals surface area (Å²) in [4.78, 5) is 5.74. The normalized spacial score (nSPS) is 13.3. The average Bonchev–Trinajstić information content (AvgIpc) is 2.94. The molecular weight excluding hydrogens is 324 g/mol. The molecule has 7 heteroatoms. The van der Waals surface area contributed by atoms with Crippen molar-refractivity contribution in [1.82, 2.24) is 4.98 Å². The summed E-state index contributed by atoms with van der Waals surface area (Å²) in [5.74, 6) is 0.0868. The Labute approximate surface area is 133 Å². The summed E-state index contributed by atoms with van der Waals surface area (Å²) in [5, 5.41) is 2.82. The summed E-state index contributed by atoms with van der Waals surface area (Å²) in [6.07, 6.45) is 3.66. The zero-order chi connectivity index (χ0) is 15.5. The van der Waals surface area contributed by atoms with E-state index in [9.17, 15) is 8.42 Å². The highest BCUT2D eigenvalue weighted by Crippen LogP contribution is 2.28.